The van der Waals surface area contributed by atoms with Crippen molar-refractivity contribution in [3.8, 4) is 0 Å². The Morgan fingerprint density at radius 1 is 0.524 bits per heavy atom. The second kappa shape index (κ2) is 15.5. The summed E-state index contributed by atoms with van der Waals surface area (Å²) < 4.78 is 0. The van der Waals surface area contributed by atoms with Gasteiger partial charge < -0.3 is 0 Å². The van der Waals surface area contributed by atoms with Crippen LogP contribution in [0.3, 0.4) is 0 Å². The van der Waals surface area contributed by atoms with Gasteiger partial charge in [-0.25, -0.2) is 0 Å². The van der Waals surface area contributed by atoms with Crippen molar-refractivity contribution in [3.63, 3.8) is 0 Å². The Hall–Kier alpha value is -1.43. The van der Waals surface area contributed by atoms with Gasteiger partial charge in [-0.15, -0.1) is 23.5 Å². The van der Waals surface area contributed by atoms with Gasteiger partial charge >= 0.3 is 0 Å². The SMILES string of the molecule is O=C(c1ccc(Cl)cc1)[C@@H](SC1CCCCC1)C(c1ccc(Cl)cc1)[C@H](SC1CCCCC1)C(=O)c1ccc(Cl)cc1. The molecule has 2 nitrogen and oxygen atoms in total. The van der Waals surface area contributed by atoms with Gasteiger partial charge in [-0.2, -0.15) is 0 Å². The molecule has 0 spiro atoms. The first kappa shape index (κ1) is 32.0. The first-order valence-corrected chi connectivity index (χ1v) is 18.1. The monoisotopic (exact) mass is 658 g/mol. The van der Waals surface area contributed by atoms with Gasteiger partial charge in [-0.05, 0) is 91.9 Å². The van der Waals surface area contributed by atoms with Crippen LogP contribution in [-0.2, 0) is 0 Å². The number of benzene rings is 3. The van der Waals surface area contributed by atoms with Crippen molar-refractivity contribution in [1.29, 1.82) is 0 Å². The molecule has 3 aromatic carbocycles. The highest BCUT2D eigenvalue weighted by atomic mass is 35.5. The van der Waals surface area contributed by atoms with Gasteiger partial charge in [0.1, 0.15) is 0 Å². The van der Waals surface area contributed by atoms with Crippen molar-refractivity contribution in [2.75, 3.05) is 0 Å². The Labute approximate surface area is 273 Å². The second-order valence-corrected chi connectivity index (χ2v) is 15.7. The maximum Gasteiger partial charge on any atom is 0.176 e. The topological polar surface area (TPSA) is 34.1 Å². The Morgan fingerprint density at radius 3 is 1.21 bits per heavy atom. The molecule has 222 valence electrons. The Bertz CT molecular complexity index is 1230. The maximum absolute atomic E-state index is 14.6. The lowest BCUT2D eigenvalue weighted by molar-refractivity contribution is 0.0955. The van der Waals surface area contributed by atoms with Gasteiger partial charge in [0.25, 0.3) is 0 Å². The van der Waals surface area contributed by atoms with Crippen LogP contribution in [0.1, 0.15) is 96.4 Å². The standard InChI is InChI=1S/C35H37Cl3O2S2/c36-26-17-11-23(12-18-26)31(34(41-29-7-3-1-4-8-29)32(39)24-13-19-27(37)20-14-24)35(42-30-9-5-2-6-10-30)33(40)25-15-21-28(38)22-16-25/h11-22,29-31,34-35H,1-10H2/t34-,35-/m0/s1. The van der Waals surface area contributed by atoms with E-state index in [0.717, 1.165) is 31.2 Å². The number of hydrogen-bond acceptors (Lipinski definition) is 4. The quantitative estimate of drug-likeness (QED) is 0.192. The van der Waals surface area contributed by atoms with Crippen LogP contribution >= 0.6 is 58.3 Å². The van der Waals surface area contributed by atoms with E-state index in [-0.39, 0.29) is 17.5 Å². The van der Waals surface area contributed by atoms with E-state index in [2.05, 4.69) is 0 Å². The third-order valence-corrected chi connectivity index (χ3v) is 12.5. The zero-order chi connectivity index (χ0) is 29.5. The molecule has 0 N–H and O–H groups in total. The molecule has 5 rings (SSSR count). The number of halogens is 3. The molecule has 2 atom stereocenters. The molecule has 0 aromatic heterocycles. The number of ketones is 2. The van der Waals surface area contributed by atoms with Gasteiger partial charge in [0.2, 0.25) is 0 Å². The molecule has 0 saturated heterocycles. The molecule has 0 aliphatic heterocycles. The predicted molar refractivity (Wildman–Crippen MR) is 182 cm³/mol. The molecule has 3 aromatic rings. The number of carbonyl (C=O) groups excluding carboxylic acids is 2. The van der Waals surface area contributed by atoms with Crippen LogP contribution in [0.2, 0.25) is 15.1 Å². The van der Waals surface area contributed by atoms with Crippen molar-refractivity contribution in [2.24, 2.45) is 0 Å². The highest BCUT2D eigenvalue weighted by Gasteiger charge is 2.42. The highest BCUT2D eigenvalue weighted by molar-refractivity contribution is 8.02. The normalized spacial score (nSPS) is 18.1. The Balaban J connectivity index is 1.62. The molecule has 0 radical (unpaired) electrons. The average molecular weight is 660 g/mol. The van der Waals surface area contributed by atoms with Crippen molar-refractivity contribution >= 4 is 69.9 Å². The van der Waals surface area contributed by atoms with E-state index in [4.69, 9.17) is 34.8 Å². The first-order valence-electron chi connectivity index (χ1n) is 15.0. The fraction of sp³-hybridized carbons (Fsp3) is 0.429. The molecule has 2 aliphatic rings. The minimum atomic E-state index is -0.437. The van der Waals surface area contributed by atoms with Crippen LogP contribution in [0.5, 0.6) is 0 Å². The number of Topliss-reactive ketones (excluding diaryl/α,β-unsaturated/α-hetero) is 2. The summed E-state index contributed by atoms with van der Waals surface area (Å²) in [5.41, 5.74) is 2.24. The lowest BCUT2D eigenvalue weighted by Gasteiger charge is -2.37. The minimum absolute atomic E-state index is 0.0559. The summed E-state index contributed by atoms with van der Waals surface area (Å²) in [7, 11) is 0. The fourth-order valence-corrected chi connectivity index (χ4v) is 10.2. The van der Waals surface area contributed by atoms with Crippen LogP contribution in [0.25, 0.3) is 0 Å². The van der Waals surface area contributed by atoms with Crippen LogP contribution < -0.4 is 0 Å². The van der Waals surface area contributed by atoms with Crippen molar-refractivity contribution in [1.82, 2.24) is 0 Å². The predicted octanol–water partition coefficient (Wildman–Crippen LogP) is 11.4. The van der Waals surface area contributed by atoms with Gasteiger partial charge in [-0.3, -0.25) is 9.59 Å². The summed E-state index contributed by atoms with van der Waals surface area (Å²) in [6.07, 6.45) is 11.5. The summed E-state index contributed by atoms with van der Waals surface area (Å²) in [4.78, 5) is 29.2. The van der Waals surface area contributed by atoms with E-state index in [1.54, 1.807) is 47.8 Å². The zero-order valence-electron chi connectivity index (χ0n) is 23.7. The fourth-order valence-electron chi connectivity index (χ4n) is 6.19. The molecule has 2 fully saturated rings. The molecule has 0 bridgehead atoms. The zero-order valence-corrected chi connectivity index (χ0v) is 27.6. The molecule has 0 heterocycles. The van der Waals surface area contributed by atoms with Gasteiger partial charge in [0.05, 0.1) is 10.5 Å². The molecule has 2 aliphatic carbocycles. The molecule has 0 unspecified atom stereocenters. The highest BCUT2D eigenvalue weighted by Crippen LogP contribution is 2.46. The van der Waals surface area contributed by atoms with E-state index < -0.39 is 10.5 Å². The second-order valence-electron chi connectivity index (χ2n) is 11.5. The summed E-state index contributed by atoms with van der Waals surface area (Å²) in [5, 5.41) is 1.71. The van der Waals surface area contributed by atoms with E-state index >= 15 is 0 Å². The van der Waals surface area contributed by atoms with E-state index in [0.29, 0.717) is 36.7 Å². The lowest BCUT2D eigenvalue weighted by atomic mass is 9.85. The molecular weight excluding hydrogens is 623 g/mol. The largest absolute Gasteiger partial charge is 0.293 e. The third kappa shape index (κ3) is 8.39. The van der Waals surface area contributed by atoms with Crippen molar-refractivity contribution < 1.29 is 9.59 Å². The summed E-state index contributed by atoms with van der Waals surface area (Å²) in [6.45, 7) is 0. The Morgan fingerprint density at radius 2 is 0.857 bits per heavy atom. The number of carbonyl (C=O) groups is 2. The van der Waals surface area contributed by atoms with Crippen molar-refractivity contribution in [2.45, 2.75) is 91.1 Å². The maximum atomic E-state index is 14.6. The molecular formula is C35H37Cl3O2S2. The van der Waals surface area contributed by atoms with Crippen LogP contribution in [0.15, 0.2) is 72.8 Å². The van der Waals surface area contributed by atoms with E-state index in [1.807, 2.05) is 48.5 Å². The average Bonchev–Trinajstić information content (AvgIpc) is 3.02. The smallest absolute Gasteiger partial charge is 0.176 e. The van der Waals surface area contributed by atoms with Gasteiger partial charge in [0.15, 0.2) is 11.6 Å². The molecule has 0 amide bonds. The Kier molecular flexibility index (Phi) is 11.8. The first-order chi connectivity index (χ1) is 20.4. The van der Waals surface area contributed by atoms with Crippen LogP contribution in [-0.4, -0.2) is 32.6 Å². The molecule has 42 heavy (non-hydrogen) atoms. The van der Waals surface area contributed by atoms with Gasteiger partial charge in [0, 0.05) is 42.6 Å². The molecule has 7 heteroatoms. The van der Waals surface area contributed by atoms with Crippen molar-refractivity contribution in [3.05, 3.63) is 105 Å². The lowest BCUT2D eigenvalue weighted by Crippen LogP contribution is -2.39. The number of thioether (sulfide) groups is 2. The van der Waals surface area contributed by atoms with Crippen LogP contribution in [0, 0.1) is 0 Å². The van der Waals surface area contributed by atoms with Gasteiger partial charge in [-0.1, -0.05) is 85.5 Å². The van der Waals surface area contributed by atoms with E-state index in [1.165, 1.54) is 38.5 Å². The minimum Gasteiger partial charge on any atom is -0.293 e. The van der Waals surface area contributed by atoms with Crippen LogP contribution in [0.4, 0.5) is 0 Å². The summed E-state index contributed by atoms with van der Waals surface area (Å²) in [5.74, 6) is -0.229. The molecule has 2 saturated carbocycles. The number of hydrogen-bond donors (Lipinski definition) is 0. The summed E-state index contributed by atoms with van der Waals surface area (Å²) >= 11 is 22.4. The number of rotatable bonds is 11. The van der Waals surface area contributed by atoms with E-state index in [9.17, 15) is 9.59 Å². The summed E-state index contributed by atoms with van der Waals surface area (Å²) in [6, 6.07) is 22.2. The third-order valence-electron chi connectivity index (χ3n) is 8.46.